The maximum Gasteiger partial charge on any atom is 0.0963 e. The first-order valence-electron chi connectivity index (χ1n) is 5.74. The van der Waals surface area contributed by atoms with Gasteiger partial charge in [-0.05, 0) is 33.1 Å². The lowest BCUT2D eigenvalue weighted by molar-refractivity contribution is 0.0813. The fraction of sp³-hybridized carbons (Fsp3) is 0.750. The van der Waals surface area contributed by atoms with E-state index in [1.807, 2.05) is 13.8 Å². The Bertz CT molecular complexity index is 347. The maximum absolute atomic E-state index is 10.1. The molecule has 0 amide bonds. The van der Waals surface area contributed by atoms with Crippen molar-refractivity contribution in [1.29, 1.82) is 0 Å². The Morgan fingerprint density at radius 2 is 2.13 bits per heavy atom. The quantitative estimate of drug-likeness (QED) is 0.853. The molecule has 15 heavy (non-hydrogen) atoms. The van der Waals surface area contributed by atoms with Crippen LogP contribution in [-0.4, -0.2) is 10.1 Å². The van der Waals surface area contributed by atoms with Gasteiger partial charge < -0.3 is 5.11 Å². The molecular formula is C12H19NOS. The molecule has 84 valence electrons. The van der Waals surface area contributed by atoms with Crippen molar-refractivity contribution in [2.75, 3.05) is 0 Å². The van der Waals surface area contributed by atoms with Crippen LogP contribution in [0.5, 0.6) is 0 Å². The number of aromatic nitrogens is 1. The summed E-state index contributed by atoms with van der Waals surface area (Å²) in [5.41, 5.74) is 0.395. The Morgan fingerprint density at radius 1 is 1.47 bits per heavy atom. The number of nitrogens with zero attached hydrogens (tertiary/aromatic N) is 1. The normalized spacial score (nSPS) is 17.1. The van der Waals surface area contributed by atoms with Gasteiger partial charge >= 0.3 is 0 Å². The van der Waals surface area contributed by atoms with Crippen LogP contribution >= 0.6 is 11.3 Å². The van der Waals surface area contributed by atoms with E-state index in [9.17, 15) is 5.11 Å². The molecule has 1 aliphatic carbocycles. The van der Waals surface area contributed by atoms with Crippen LogP contribution < -0.4 is 0 Å². The molecular weight excluding hydrogens is 206 g/mol. The van der Waals surface area contributed by atoms with Crippen molar-refractivity contribution in [1.82, 2.24) is 4.98 Å². The van der Waals surface area contributed by atoms with E-state index in [1.165, 1.54) is 17.8 Å². The zero-order valence-corrected chi connectivity index (χ0v) is 10.5. The molecule has 2 nitrogen and oxygen atoms in total. The van der Waals surface area contributed by atoms with E-state index >= 15 is 0 Å². The van der Waals surface area contributed by atoms with Gasteiger partial charge in [0.25, 0.3) is 0 Å². The average molecular weight is 225 g/mol. The van der Waals surface area contributed by atoms with E-state index < -0.39 is 5.60 Å². The third kappa shape index (κ3) is 2.40. The molecule has 1 N–H and O–H groups in total. The van der Waals surface area contributed by atoms with E-state index in [0.29, 0.717) is 5.92 Å². The summed E-state index contributed by atoms with van der Waals surface area (Å²) < 4.78 is 0. The highest BCUT2D eigenvalue weighted by atomic mass is 32.1. The summed E-state index contributed by atoms with van der Waals surface area (Å²) in [7, 11) is 0. The number of hydrogen-bond acceptors (Lipinski definition) is 3. The molecule has 3 heteroatoms. The number of aliphatic hydroxyl groups is 1. The second-order valence-corrected chi connectivity index (χ2v) is 5.94. The summed E-state index contributed by atoms with van der Waals surface area (Å²) in [6, 6.07) is 0. The number of aryl methyl sites for hydroxylation is 1. The first-order valence-corrected chi connectivity index (χ1v) is 6.56. The van der Waals surface area contributed by atoms with Gasteiger partial charge in [-0.3, -0.25) is 0 Å². The molecule has 0 aromatic carbocycles. The molecule has 0 saturated heterocycles. The SMILES string of the molecule is CCCc1nc(C2CC2)sc1C(C)(C)O. The highest BCUT2D eigenvalue weighted by Gasteiger charge is 2.31. The van der Waals surface area contributed by atoms with E-state index in [0.717, 1.165) is 23.4 Å². The third-order valence-electron chi connectivity index (χ3n) is 2.68. The molecule has 0 atom stereocenters. The van der Waals surface area contributed by atoms with Crippen molar-refractivity contribution in [3.8, 4) is 0 Å². The summed E-state index contributed by atoms with van der Waals surface area (Å²) in [5, 5.41) is 11.3. The monoisotopic (exact) mass is 225 g/mol. The fourth-order valence-corrected chi connectivity index (χ4v) is 3.04. The lowest BCUT2D eigenvalue weighted by Crippen LogP contribution is -2.15. The molecule has 0 bridgehead atoms. The minimum Gasteiger partial charge on any atom is -0.385 e. The van der Waals surface area contributed by atoms with Crippen molar-refractivity contribution in [2.45, 2.75) is 58.0 Å². The molecule has 1 aromatic rings. The molecule has 0 radical (unpaired) electrons. The van der Waals surface area contributed by atoms with E-state index in [-0.39, 0.29) is 0 Å². The smallest absolute Gasteiger partial charge is 0.0963 e. The van der Waals surface area contributed by atoms with Gasteiger partial charge in [0.1, 0.15) is 0 Å². The number of thiazole rings is 1. The van der Waals surface area contributed by atoms with Gasteiger partial charge in [-0.15, -0.1) is 11.3 Å². The molecule has 1 saturated carbocycles. The van der Waals surface area contributed by atoms with Crippen LogP contribution in [0.3, 0.4) is 0 Å². The third-order valence-corrected chi connectivity index (χ3v) is 4.26. The zero-order valence-electron chi connectivity index (χ0n) is 9.71. The summed E-state index contributed by atoms with van der Waals surface area (Å²) in [6.07, 6.45) is 4.65. The van der Waals surface area contributed by atoms with E-state index in [4.69, 9.17) is 0 Å². The van der Waals surface area contributed by atoms with Crippen LogP contribution in [0.4, 0.5) is 0 Å². The molecule has 0 aliphatic heterocycles. The Labute approximate surface area is 95.4 Å². The van der Waals surface area contributed by atoms with Gasteiger partial charge in [-0.2, -0.15) is 0 Å². The molecule has 0 spiro atoms. The van der Waals surface area contributed by atoms with Gasteiger partial charge in [0.2, 0.25) is 0 Å². The van der Waals surface area contributed by atoms with Crippen molar-refractivity contribution in [2.24, 2.45) is 0 Å². The van der Waals surface area contributed by atoms with Crippen molar-refractivity contribution < 1.29 is 5.11 Å². The zero-order chi connectivity index (χ0) is 11.1. The molecule has 1 heterocycles. The van der Waals surface area contributed by atoms with Crippen LogP contribution in [0.25, 0.3) is 0 Å². The van der Waals surface area contributed by atoms with Crippen molar-refractivity contribution in [3.05, 3.63) is 15.6 Å². The fourth-order valence-electron chi connectivity index (χ4n) is 1.76. The largest absolute Gasteiger partial charge is 0.385 e. The second kappa shape index (κ2) is 3.87. The Morgan fingerprint density at radius 3 is 2.60 bits per heavy atom. The molecule has 1 fully saturated rings. The summed E-state index contributed by atoms with van der Waals surface area (Å²) in [6.45, 7) is 5.87. The Kier molecular flexibility index (Phi) is 2.86. The van der Waals surface area contributed by atoms with Gasteiger partial charge in [-0.25, -0.2) is 4.98 Å². The number of hydrogen-bond donors (Lipinski definition) is 1. The van der Waals surface area contributed by atoms with Crippen molar-refractivity contribution in [3.63, 3.8) is 0 Å². The van der Waals surface area contributed by atoms with Crippen LogP contribution in [-0.2, 0) is 12.0 Å². The van der Waals surface area contributed by atoms with Crippen LogP contribution in [0.2, 0.25) is 0 Å². The van der Waals surface area contributed by atoms with Crippen LogP contribution in [0.15, 0.2) is 0 Å². The van der Waals surface area contributed by atoms with Gasteiger partial charge in [0.15, 0.2) is 0 Å². The first-order chi connectivity index (χ1) is 7.02. The molecule has 1 aliphatic rings. The van der Waals surface area contributed by atoms with Gasteiger partial charge in [0.05, 0.1) is 21.2 Å². The Balaban J connectivity index is 2.32. The highest BCUT2D eigenvalue weighted by Crippen LogP contribution is 2.44. The second-order valence-electron chi connectivity index (χ2n) is 4.91. The average Bonchev–Trinajstić information content (AvgIpc) is 2.87. The number of rotatable bonds is 4. The van der Waals surface area contributed by atoms with Crippen LogP contribution in [0, 0.1) is 0 Å². The maximum atomic E-state index is 10.1. The summed E-state index contributed by atoms with van der Waals surface area (Å²) >= 11 is 1.72. The first kappa shape index (κ1) is 11.1. The minimum atomic E-state index is -0.727. The molecule has 2 rings (SSSR count). The van der Waals surface area contributed by atoms with Crippen molar-refractivity contribution >= 4 is 11.3 Å². The topological polar surface area (TPSA) is 33.1 Å². The van der Waals surface area contributed by atoms with E-state index in [2.05, 4.69) is 11.9 Å². The standard InChI is InChI=1S/C12H19NOS/c1-4-5-9-10(12(2,3)14)15-11(13-9)8-6-7-8/h8,14H,4-7H2,1-3H3. The Hall–Kier alpha value is -0.410. The predicted molar refractivity (Wildman–Crippen MR) is 63.3 cm³/mol. The minimum absolute atomic E-state index is 0.696. The molecule has 0 unspecified atom stereocenters. The van der Waals surface area contributed by atoms with Gasteiger partial charge in [-0.1, -0.05) is 13.3 Å². The lowest BCUT2D eigenvalue weighted by Gasteiger charge is -2.16. The predicted octanol–water partition coefficient (Wildman–Crippen LogP) is 3.20. The van der Waals surface area contributed by atoms with Crippen LogP contribution in [0.1, 0.15) is 61.5 Å². The molecule has 1 aromatic heterocycles. The summed E-state index contributed by atoms with van der Waals surface area (Å²) in [5.74, 6) is 0.696. The van der Waals surface area contributed by atoms with Gasteiger partial charge in [0, 0.05) is 5.92 Å². The lowest BCUT2D eigenvalue weighted by atomic mass is 10.0. The highest BCUT2D eigenvalue weighted by molar-refractivity contribution is 7.12. The van der Waals surface area contributed by atoms with E-state index in [1.54, 1.807) is 11.3 Å². The summed E-state index contributed by atoms with van der Waals surface area (Å²) in [4.78, 5) is 5.76.